The van der Waals surface area contributed by atoms with Gasteiger partial charge in [0.25, 0.3) is 5.91 Å². The Balaban J connectivity index is 1.40. The molecule has 1 aliphatic heterocycles. The van der Waals surface area contributed by atoms with Crippen molar-refractivity contribution in [2.24, 2.45) is 0 Å². The number of thiophene rings is 1. The number of nitrogens with zero attached hydrogens (tertiary/aromatic N) is 3. The maximum absolute atomic E-state index is 12.3. The lowest BCUT2D eigenvalue weighted by molar-refractivity contribution is 0.0935. The van der Waals surface area contributed by atoms with Crippen LogP contribution in [0.3, 0.4) is 0 Å². The summed E-state index contributed by atoms with van der Waals surface area (Å²) in [6.45, 7) is 3.78. The van der Waals surface area contributed by atoms with Crippen molar-refractivity contribution >= 4 is 34.1 Å². The Morgan fingerprint density at radius 1 is 1.29 bits per heavy atom. The van der Waals surface area contributed by atoms with Gasteiger partial charge in [-0.1, -0.05) is 0 Å². The summed E-state index contributed by atoms with van der Waals surface area (Å²) >= 11 is 1.54. The Labute approximate surface area is 143 Å². The average Bonchev–Trinajstić information content (AvgIpc) is 3.24. The molecule has 0 spiro atoms. The van der Waals surface area contributed by atoms with Gasteiger partial charge in [-0.3, -0.25) is 4.79 Å². The van der Waals surface area contributed by atoms with E-state index < -0.39 is 0 Å². The number of hydrogen-bond donors (Lipinski definition) is 2. The van der Waals surface area contributed by atoms with E-state index in [1.807, 2.05) is 31.3 Å². The number of hydrogen-bond acceptors (Lipinski definition) is 5. The van der Waals surface area contributed by atoms with E-state index in [4.69, 9.17) is 0 Å². The van der Waals surface area contributed by atoms with Crippen molar-refractivity contribution in [3.05, 3.63) is 40.5 Å². The quantitative estimate of drug-likeness (QED) is 0.768. The molecular formula is C17H19N5OS. The van der Waals surface area contributed by atoms with E-state index in [1.54, 1.807) is 17.7 Å². The molecule has 0 unspecified atom stereocenters. The highest BCUT2D eigenvalue weighted by molar-refractivity contribution is 7.13. The molecule has 0 aromatic carbocycles. The molecule has 1 fully saturated rings. The van der Waals surface area contributed by atoms with Crippen LogP contribution < -0.4 is 10.2 Å². The summed E-state index contributed by atoms with van der Waals surface area (Å²) in [5, 5.41) is 4.21. The fourth-order valence-electron chi connectivity index (χ4n) is 3.16. The van der Waals surface area contributed by atoms with Crippen molar-refractivity contribution in [3.8, 4) is 0 Å². The van der Waals surface area contributed by atoms with Crippen molar-refractivity contribution in [2.45, 2.75) is 25.8 Å². The van der Waals surface area contributed by atoms with E-state index in [-0.39, 0.29) is 11.9 Å². The van der Waals surface area contributed by atoms with E-state index in [0.717, 1.165) is 52.5 Å². The van der Waals surface area contributed by atoms with Crippen LogP contribution in [-0.4, -0.2) is 40.0 Å². The maximum Gasteiger partial charge on any atom is 0.261 e. The number of aryl methyl sites for hydroxylation is 1. The normalized spacial score (nSPS) is 15.8. The van der Waals surface area contributed by atoms with Gasteiger partial charge in [-0.25, -0.2) is 9.97 Å². The summed E-state index contributed by atoms with van der Waals surface area (Å²) in [6, 6.07) is 6.12. The van der Waals surface area contributed by atoms with Gasteiger partial charge in [0.2, 0.25) is 0 Å². The zero-order chi connectivity index (χ0) is 16.5. The van der Waals surface area contributed by atoms with Crippen LogP contribution >= 0.6 is 11.3 Å². The van der Waals surface area contributed by atoms with Gasteiger partial charge in [0.05, 0.1) is 10.3 Å². The molecule has 0 bridgehead atoms. The lowest BCUT2D eigenvalue weighted by atomic mass is 10.0. The van der Waals surface area contributed by atoms with Crippen LogP contribution in [0.2, 0.25) is 0 Å². The Kier molecular flexibility index (Phi) is 3.93. The third kappa shape index (κ3) is 2.87. The van der Waals surface area contributed by atoms with Gasteiger partial charge < -0.3 is 15.2 Å². The Hall–Kier alpha value is -2.41. The first-order chi connectivity index (χ1) is 11.7. The molecular weight excluding hydrogens is 322 g/mol. The topological polar surface area (TPSA) is 73.9 Å². The lowest BCUT2D eigenvalue weighted by Gasteiger charge is -2.33. The fraction of sp³-hybridized carbons (Fsp3) is 0.353. The molecule has 6 nitrogen and oxygen atoms in total. The predicted octanol–water partition coefficient (Wildman–Crippen LogP) is 2.73. The predicted molar refractivity (Wildman–Crippen MR) is 95.6 cm³/mol. The highest BCUT2D eigenvalue weighted by Gasteiger charge is 2.23. The largest absolute Gasteiger partial charge is 0.356 e. The minimum absolute atomic E-state index is 0.0432. The third-order valence-electron chi connectivity index (χ3n) is 4.43. The number of rotatable bonds is 3. The molecule has 0 radical (unpaired) electrons. The summed E-state index contributed by atoms with van der Waals surface area (Å²) in [5.74, 6) is 1.02. The van der Waals surface area contributed by atoms with Gasteiger partial charge in [-0.2, -0.15) is 0 Å². The molecule has 1 saturated heterocycles. The molecule has 1 aliphatic rings. The van der Waals surface area contributed by atoms with Crippen molar-refractivity contribution in [3.63, 3.8) is 0 Å². The number of nitrogens with one attached hydrogen (secondary N) is 2. The summed E-state index contributed by atoms with van der Waals surface area (Å²) in [6.07, 6.45) is 5.33. The van der Waals surface area contributed by atoms with Crippen molar-refractivity contribution in [1.29, 1.82) is 0 Å². The third-order valence-corrected chi connectivity index (χ3v) is 5.43. The number of anilines is 1. The summed E-state index contributed by atoms with van der Waals surface area (Å²) < 4.78 is 0. The number of carbonyl (C=O) groups excluding carboxylic acids is 1. The van der Waals surface area contributed by atoms with E-state index in [0.29, 0.717) is 0 Å². The first-order valence-electron chi connectivity index (χ1n) is 8.11. The van der Waals surface area contributed by atoms with Crippen LogP contribution in [0.1, 0.15) is 27.4 Å². The molecule has 4 heterocycles. The molecule has 124 valence electrons. The van der Waals surface area contributed by atoms with Crippen LogP contribution in [0.15, 0.2) is 30.7 Å². The van der Waals surface area contributed by atoms with Crippen molar-refractivity contribution < 1.29 is 4.79 Å². The maximum atomic E-state index is 12.3. The van der Waals surface area contributed by atoms with Crippen LogP contribution in [0.5, 0.6) is 0 Å². The molecule has 1 amide bonds. The second kappa shape index (κ2) is 6.24. The number of piperidine rings is 1. The van der Waals surface area contributed by atoms with E-state index in [2.05, 4.69) is 25.2 Å². The lowest BCUT2D eigenvalue weighted by Crippen LogP contribution is -2.44. The summed E-state index contributed by atoms with van der Waals surface area (Å²) in [4.78, 5) is 28.3. The van der Waals surface area contributed by atoms with E-state index in [9.17, 15) is 4.79 Å². The van der Waals surface area contributed by atoms with E-state index >= 15 is 0 Å². The Bertz CT molecular complexity index is 863. The van der Waals surface area contributed by atoms with E-state index in [1.165, 1.54) is 0 Å². The first kappa shape index (κ1) is 15.1. The summed E-state index contributed by atoms with van der Waals surface area (Å²) in [5.41, 5.74) is 0.864. The fourth-order valence-corrected chi connectivity index (χ4v) is 3.93. The SMILES string of the molecule is Cc1ccc(C(=O)NC2CCN(c3ncnc4[nH]ccc34)CC2)s1. The number of aromatic nitrogens is 3. The monoisotopic (exact) mass is 341 g/mol. The molecule has 7 heteroatoms. The highest BCUT2D eigenvalue weighted by atomic mass is 32.1. The zero-order valence-corrected chi connectivity index (χ0v) is 14.3. The van der Waals surface area contributed by atoms with Crippen LogP contribution in [0.4, 0.5) is 5.82 Å². The average molecular weight is 341 g/mol. The van der Waals surface area contributed by atoms with Crippen LogP contribution in [0.25, 0.3) is 11.0 Å². The van der Waals surface area contributed by atoms with Gasteiger partial charge in [0, 0.05) is 30.2 Å². The van der Waals surface area contributed by atoms with Crippen LogP contribution in [0, 0.1) is 6.92 Å². The minimum Gasteiger partial charge on any atom is -0.356 e. The van der Waals surface area contributed by atoms with Crippen LogP contribution in [-0.2, 0) is 0 Å². The Morgan fingerprint density at radius 2 is 2.12 bits per heavy atom. The molecule has 0 saturated carbocycles. The van der Waals surface area contributed by atoms with Gasteiger partial charge in [-0.15, -0.1) is 11.3 Å². The molecule has 0 aliphatic carbocycles. The molecule has 4 rings (SSSR count). The smallest absolute Gasteiger partial charge is 0.261 e. The molecule has 3 aromatic heterocycles. The number of carbonyl (C=O) groups is 1. The van der Waals surface area contributed by atoms with Gasteiger partial charge in [-0.05, 0) is 38.0 Å². The van der Waals surface area contributed by atoms with Gasteiger partial charge >= 0.3 is 0 Å². The van der Waals surface area contributed by atoms with Crippen molar-refractivity contribution in [2.75, 3.05) is 18.0 Å². The molecule has 2 N–H and O–H groups in total. The Morgan fingerprint density at radius 3 is 2.88 bits per heavy atom. The number of amides is 1. The molecule has 0 atom stereocenters. The standard InChI is InChI=1S/C17H19N5OS/c1-11-2-3-14(24-11)17(23)21-12-5-8-22(9-6-12)16-13-4-7-18-15(13)19-10-20-16/h2-4,7,10,12H,5-6,8-9H2,1H3,(H,21,23)(H,18,19,20). The summed E-state index contributed by atoms with van der Waals surface area (Å²) in [7, 11) is 0. The molecule has 24 heavy (non-hydrogen) atoms. The number of fused-ring (bicyclic) bond motifs is 1. The second-order valence-electron chi connectivity index (χ2n) is 6.08. The first-order valence-corrected chi connectivity index (χ1v) is 8.93. The second-order valence-corrected chi connectivity index (χ2v) is 7.37. The highest BCUT2D eigenvalue weighted by Crippen LogP contribution is 2.25. The van der Waals surface area contributed by atoms with Gasteiger partial charge in [0.15, 0.2) is 0 Å². The number of H-pyrrole nitrogens is 1. The zero-order valence-electron chi connectivity index (χ0n) is 13.5. The van der Waals surface area contributed by atoms with Gasteiger partial charge in [0.1, 0.15) is 17.8 Å². The minimum atomic E-state index is 0.0432. The number of aromatic amines is 1. The molecule has 3 aromatic rings. The van der Waals surface area contributed by atoms with Crippen molar-refractivity contribution in [1.82, 2.24) is 20.3 Å².